The third-order valence-electron chi connectivity index (χ3n) is 7.94. The summed E-state index contributed by atoms with van der Waals surface area (Å²) in [5.74, 6) is 0. The number of rotatable bonds is 8. The Morgan fingerprint density at radius 3 is 1.98 bits per heavy atom. The molecule has 1 aromatic heterocycles. The molecule has 0 radical (unpaired) electrons. The van der Waals surface area contributed by atoms with Gasteiger partial charge in [-0.3, -0.25) is 5.01 Å². The predicted molar refractivity (Wildman–Crippen MR) is 179 cm³/mol. The molecule has 1 atom stereocenters. The van der Waals surface area contributed by atoms with Crippen LogP contribution in [0, 0.1) is 0 Å². The lowest BCUT2D eigenvalue weighted by Crippen LogP contribution is -2.30. The summed E-state index contributed by atoms with van der Waals surface area (Å²) in [4.78, 5) is 0. The molecule has 43 heavy (non-hydrogen) atoms. The summed E-state index contributed by atoms with van der Waals surface area (Å²) < 4.78 is 2.35. The van der Waals surface area contributed by atoms with E-state index in [1.165, 1.54) is 32.9 Å². The van der Waals surface area contributed by atoms with Gasteiger partial charge in [0.2, 0.25) is 0 Å². The molecule has 0 spiro atoms. The van der Waals surface area contributed by atoms with Crippen molar-refractivity contribution < 1.29 is 0 Å². The van der Waals surface area contributed by atoms with Crippen LogP contribution in [-0.4, -0.2) is 15.8 Å². The summed E-state index contributed by atoms with van der Waals surface area (Å²) in [6.45, 7) is 0.577. The number of hydrogen-bond acceptors (Lipinski definition) is 3. The first-order valence-corrected chi connectivity index (χ1v) is 14.6. The summed E-state index contributed by atoms with van der Waals surface area (Å²) in [5, 5.41) is 9.27. The Kier molecular flexibility index (Phi) is 7.26. The minimum atomic E-state index is -0.378. The Labute approximate surface area is 252 Å². The van der Waals surface area contributed by atoms with Crippen LogP contribution in [0.25, 0.3) is 38.6 Å². The molecule has 0 saturated heterocycles. The maximum atomic E-state index is 6.75. The van der Waals surface area contributed by atoms with Crippen LogP contribution in [0.5, 0.6) is 0 Å². The molecule has 1 heterocycles. The molecular weight excluding hydrogens is 524 g/mol. The van der Waals surface area contributed by atoms with E-state index in [-0.39, 0.29) is 6.17 Å². The third-order valence-corrected chi connectivity index (χ3v) is 7.94. The van der Waals surface area contributed by atoms with Crippen LogP contribution in [0.3, 0.4) is 0 Å². The van der Waals surface area contributed by atoms with E-state index in [9.17, 15) is 0 Å². The Morgan fingerprint density at radius 1 is 0.605 bits per heavy atom. The molecular formula is C39H32N4. The largest absolute Gasteiger partial charge is 0.309 e. The monoisotopic (exact) mass is 556 g/mol. The topological polar surface area (TPSA) is 46.5 Å². The summed E-state index contributed by atoms with van der Waals surface area (Å²) in [6, 6.07) is 54.9. The fourth-order valence-corrected chi connectivity index (χ4v) is 5.71. The van der Waals surface area contributed by atoms with Crippen molar-refractivity contribution in [2.45, 2.75) is 12.7 Å². The van der Waals surface area contributed by atoms with Gasteiger partial charge in [0.25, 0.3) is 0 Å². The van der Waals surface area contributed by atoms with Crippen LogP contribution in [0.2, 0.25) is 0 Å². The number of aromatic nitrogens is 1. The fraction of sp³-hybridized carbons (Fsp3) is 0.0513. The first-order valence-electron chi connectivity index (χ1n) is 14.6. The number of benzene rings is 6. The maximum Gasteiger partial charge on any atom is 0.120 e. The van der Waals surface area contributed by atoms with E-state index in [0.717, 1.165) is 22.4 Å². The number of hydrogen-bond donors (Lipinski definition) is 1. The zero-order valence-corrected chi connectivity index (χ0v) is 23.8. The van der Waals surface area contributed by atoms with Gasteiger partial charge in [-0.25, -0.2) is 0 Å². The summed E-state index contributed by atoms with van der Waals surface area (Å²) in [7, 11) is 0. The fourth-order valence-electron chi connectivity index (χ4n) is 5.71. The van der Waals surface area contributed by atoms with Gasteiger partial charge in [-0.2, -0.15) is 5.10 Å². The average molecular weight is 557 g/mol. The smallest absolute Gasteiger partial charge is 0.120 e. The van der Waals surface area contributed by atoms with E-state index >= 15 is 0 Å². The van der Waals surface area contributed by atoms with Gasteiger partial charge in [-0.15, -0.1) is 0 Å². The first-order chi connectivity index (χ1) is 21.2. The molecule has 6 aromatic carbocycles. The molecule has 1 unspecified atom stereocenters. The highest BCUT2D eigenvalue weighted by atomic mass is 15.5. The maximum absolute atomic E-state index is 6.75. The normalized spacial score (nSPS) is 12.2. The average Bonchev–Trinajstić information content (AvgIpc) is 3.41. The van der Waals surface area contributed by atoms with Crippen LogP contribution in [0.15, 0.2) is 163 Å². The molecule has 0 fully saturated rings. The van der Waals surface area contributed by atoms with Crippen LogP contribution >= 0.6 is 0 Å². The van der Waals surface area contributed by atoms with Gasteiger partial charge in [0.1, 0.15) is 6.17 Å². The van der Waals surface area contributed by atoms with Crippen LogP contribution in [-0.2, 0) is 6.54 Å². The minimum Gasteiger partial charge on any atom is -0.309 e. The lowest BCUT2D eigenvalue weighted by Gasteiger charge is -2.26. The van der Waals surface area contributed by atoms with E-state index in [1.807, 2.05) is 71.9 Å². The van der Waals surface area contributed by atoms with Gasteiger partial charge in [-0.05, 0) is 58.1 Å². The van der Waals surface area contributed by atoms with Gasteiger partial charge < -0.3 is 10.3 Å². The summed E-state index contributed by atoms with van der Waals surface area (Å²) in [5.41, 5.74) is 15.9. The number of nitrogens with two attached hydrogens (primary N) is 1. The molecule has 2 N–H and O–H groups in total. The molecule has 4 heteroatoms. The number of nitrogens with zero attached hydrogens (tertiary/aromatic N) is 3. The minimum absolute atomic E-state index is 0.378. The highest BCUT2D eigenvalue weighted by molar-refractivity contribution is 6.10. The zero-order chi connectivity index (χ0) is 29.0. The summed E-state index contributed by atoms with van der Waals surface area (Å²) >= 11 is 0. The van der Waals surface area contributed by atoms with Crippen molar-refractivity contribution in [3.63, 3.8) is 0 Å². The van der Waals surface area contributed by atoms with E-state index in [1.54, 1.807) is 0 Å². The Hall–Kier alpha value is -5.45. The Balaban J connectivity index is 1.23. The lowest BCUT2D eigenvalue weighted by molar-refractivity contribution is 0.203. The van der Waals surface area contributed by atoms with E-state index in [2.05, 4.69) is 102 Å². The molecule has 0 aliphatic heterocycles. The highest BCUT2D eigenvalue weighted by Crippen LogP contribution is 2.35. The molecule has 0 aliphatic rings. The predicted octanol–water partition coefficient (Wildman–Crippen LogP) is 8.94. The van der Waals surface area contributed by atoms with Crippen LogP contribution < -0.4 is 5.73 Å². The second-order valence-electron chi connectivity index (χ2n) is 10.7. The Morgan fingerprint density at radius 2 is 1.23 bits per heavy atom. The van der Waals surface area contributed by atoms with Crippen LogP contribution in [0.4, 0.5) is 0 Å². The second-order valence-corrected chi connectivity index (χ2v) is 10.7. The molecule has 208 valence electrons. The standard InChI is InChI=1S/C39H32N4/c40-39(32-16-8-3-9-17-32)42(41-27-29-12-4-1-5-13-29)28-30-20-23-34(24-21-30)43-37-19-11-10-18-35(37)36-26-33(22-25-38(36)43)31-14-6-2-7-15-31/h1-27,39H,28,40H2/b41-27+. The van der Waals surface area contributed by atoms with Crippen molar-refractivity contribution in [2.24, 2.45) is 10.8 Å². The molecule has 0 amide bonds. The SMILES string of the molecule is NC(c1ccccc1)N(Cc1ccc(-n2c3ccccc3c3cc(-c4ccccc4)ccc32)cc1)/N=C/c1ccccc1. The number of para-hydroxylation sites is 1. The van der Waals surface area contributed by atoms with E-state index in [0.29, 0.717) is 6.54 Å². The molecule has 0 bridgehead atoms. The van der Waals surface area contributed by atoms with E-state index in [4.69, 9.17) is 10.8 Å². The van der Waals surface area contributed by atoms with Gasteiger partial charge in [0.05, 0.1) is 23.8 Å². The van der Waals surface area contributed by atoms with E-state index < -0.39 is 0 Å². The van der Waals surface area contributed by atoms with Gasteiger partial charge >= 0.3 is 0 Å². The van der Waals surface area contributed by atoms with Gasteiger partial charge in [-0.1, -0.05) is 127 Å². The molecule has 4 nitrogen and oxygen atoms in total. The second kappa shape index (κ2) is 11.8. The molecule has 7 rings (SSSR count). The van der Waals surface area contributed by atoms with Crippen molar-refractivity contribution in [3.8, 4) is 16.8 Å². The quantitative estimate of drug-likeness (QED) is 0.115. The Bertz CT molecular complexity index is 1990. The van der Waals surface area contributed by atoms with Crippen molar-refractivity contribution in [3.05, 3.63) is 174 Å². The van der Waals surface area contributed by atoms with Crippen molar-refractivity contribution in [1.82, 2.24) is 9.58 Å². The first kappa shape index (κ1) is 26.4. The third kappa shape index (κ3) is 5.44. The van der Waals surface area contributed by atoms with Crippen molar-refractivity contribution in [2.75, 3.05) is 0 Å². The van der Waals surface area contributed by atoms with Crippen LogP contribution in [0.1, 0.15) is 22.9 Å². The van der Waals surface area contributed by atoms with Crippen molar-refractivity contribution >= 4 is 28.0 Å². The van der Waals surface area contributed by atoms with Gasteiger partial charge in [0.15, 0.2) is 0 Å². The molecule has 0 aliphatic carbocycles. The van der Waals surface area contributed by atoms with Gasteiger partial charge in [0, 0.05) is 16.5 Å². The number of fused-ring (bicyclic) bond motifs is 3. The summed E-state index contributed by atoms with van der Waals surface area (Å²) in [6.07, 6.45) is 1.50. The lowest BCUT2D eigenvalue weighted by atomic mass is 10.0. The molecule has 7 aromatic rings. The van der Waals surface area contributed by atoms with Crippen molar-refractivity contribution in [1.29, 1.82) is 0 Å². The number of hydrazone groups is 1. The molecule has 0 saturated carbocycles. The highest BCUT2D eigenvalue weighted by Gasteiger charge is 2.16. The zero-order valence-electron chi connectivity index (χ0n) is 23.8.